The van der Waals surface area contributed by atoms with Crippen LogP contribution in [0.1, 0.15) is 18.9 Å². The number of aryl methyl sites for hydroxylation is 2. The minimum absolute atomic E-state index is 0.0386. The Labute approximate surface area is 221 Å². The molecule has 1 aliphatic rings. The molecule has 38 heavy (non-hydrogen) atoms. The Bertz CT molecular complexity index is 1440. The monoisotopic (exact) mass is 518 g/mol. The van der Waals surface area contributed by atoms with Gasteiger partial charge in [-0.3, -0.25) is 14.4 Å². The van der Waals surface area contributed by atoms with Crippen molar-refractivity contribution in [1.29, 1.82) is 0 Å². The van der Waals surface area contributed by atoms with Gasteiger partial charge in [0.05, 0.1) is 30.6 Å². The molecule has 5 heterocycles. The molecule has 4 aromatic heterocycles. The van der Waals surface area contributed by atoms with E-state index in [2.05, 4.69) is 47.5 Å². The quantitative estimate of drug-likeness (QED) is 0.322. The van der Waals surface area contributed by atoms with Crippen molar-refractivity contribution in [1.82, 2.24) is 39.5 Å². The summed E-state index contributed by atoms with van der Waals surface area (Å²) in [6, 6.07) is 1.73. The molecule has 1 amide bonds. The Kier molecular flexibility index (Phi) is 7.25. The second-order valence-corrected chi connectivity index (χ2v) is 9.61. The molecule has 1 aliphatic heterocycles. The van der Waals surface area contributed by atoms with Crippen LogP contribution in [0.25, 0.3) is 22.2 Å². The number of nitrogens with one attached hydrogen (secondary N) is 3. The van der Waals surface area contributed by atoms with Crippen LogP contribution in [0.5, 0.6) is 5.88 Å². The molecule has 3 N–H and O–H groups in total. The van der Waals surface area contributed by atoms with E-state index in [9.17, 15) is 4.79 Å². The van der Waals surface area contributed by atoms with E-state index in [0.29, 0.717) is 23.3 Å². The Morgan fingerprint density at radius 2 is 2.00 bits per heavy atom. The van der Waals surface area contributed by atoms with E-state index in [4.69, 9.17) is 9.72 Å². The van der Waals surface area contributed by atoms with Crippen LogP contribution in [0.15, 0.2) is 30.9 Å². The predicted molar refractivity (Wildman–Crippen MR) is 147 cm³/mol. The number of pyridine rings is 1. The van der Waals surface area contributed by atoms with E-state index >= 15 is 0 Å². The number of ether oxygens (including phenoxy) is 1. The first-order valence-corrected chi connectivity index (χ1v) is 12.8. The molecule has 200 valence electrons. The van der Waals surface area contributed by atoms with Crippen molar-refractivity contribution in [2.24, 2.45) is 7.05 Å². The summed E-state index contributed by atoms with van der Waals surface area (Å²) in [6.07, 6.45) is 7.92. The normalized spacial score (nSPS) is 15.5. The average Bonchev–Trinajstić information content (AvgIpc) is 3.50. The number of fused-ring (bicyclic) bond motifs is 1. The predicted octanol–water partition coefficient (Wildman–Crippen LogP) is 2.78. The summed E-state index contributed by atoms with van der Waals surface area (Å²) in [6.45, 7) is 7.69. The van der Waals surface area contributed by atoms with Crippen molar-refractivity contribution in [3.8, 4) is 17.1 Å². The molecule has 12 heteroatoms. The van der Waals surface area contributed by atoms with Crippen LogP contribution in [0.4, 0.5) is 17.5 Å². The van der Waals surface area contributed by atoms with Gasteiger partial charge in [0, 0.05) is 62.8 Å². The van der Waals surface area contributed by atoms with E-state index in [-0.39, 0.29) is 11.9 Å². The second-order valence-electron chi connectivity index (χ2n) is 9.61. The number of amides is 1. The number of methoxy groups -OCH3 is 1. The van der Waals surface area contributed by atoms with Crippen LogP contribution in [0, 0.1) is 6.92 Å². The van der Waals surface area contributed by atoms with Gasteiger partial charge in [0.2, 0.25) is 11.9 Å². The Morgan fingerprint density at radius 1 is 1.21 bits per heavy atom. The lowest BCUT2D eigenvalue weighted by Crippen LogP contribution is -2.52. The van der Waals surface area contributed by atoms with Crippen LogP contribution in [-0.4, -0.2) is 91.8 Å². The summed E-state index contributed by atoms with van der Waals surface area (Å²) in [7, 11) is 5.50. The number of likely N-dealkylation sites (N-methyl/N-ethyl adjacent to an activating group) is 1. The van der Waals surface area contributed by atoms with Crippen LogP contribution in [-0.2, 0) is 11.8 Å². The molecule has 4 aromatic rings. The second kappa shape index (κ2) is 10.8. The number of hydrogen-bond acceptors (Lipinski definition) is 9. The Balaban J connectivity index is 1.41. The fourth-order valence-corrected chi connectivity index (χ4v) is 4.89. The van der Waals surface area contributed by atoms with Gasteiger partial charge in [-0.15, -0.1) is 5.10 Å². The van der Waals surface area contributed by atoms with Gasteiger partial charge in [-0.1, -0.05) is 6.92 Å². The largest absolute Gasteiger partial charge is 0.478 e. The molecule has 0 aromatic carbocycles. The van der Waals surface area contributed by atoms with Gasteiger partial charge in [-0.25, -0.2) is 15.0 Å². The first kappa shape index (κ1) is 25.6. The highest BCUT2D eigenvalue weighted by atomic mass is 16.5. The summed E-state index contributed by atoms with van der Waals surface area (Å²) in [5, 5.41) is 11.4. The number of piperazine rings is 1. The number of H-pyrrole nitrogens is 1. The molecule has 5 rings (SSSR count). The maximum Gasteiger partial charge on any atom is 0.256 e. The fraction of sp³-hybridized carbons (Fsp3) is 0.423. The van der Waals surface area contributed by atoms with E-state index in [1.165, 1.54) is 0 Å². The van der Waals surface area contributed by atoms with Crippen LogP contribution in [0.2, 0.25) is 0 Å². The van der Waals surface area contributed by atoms with E-state index in [1.807, 2.05) is 33.2 Å². The van der Waals surface area contributed by atoms with Crippen molar-refractivity contribution < 1.29 is 9.53 Å². The zero-order chi connectivity index (χ0) is 26.8. The minimum atomic E-state index is -0.197. The molecule has 12 nitrogen and oxygen atoms in total. The molecule has 0 saturated carbocycles. The van der Waals surface area contributed by atoms with E-state index in [0.717, 1.165) is 60.3 Å². The van der Waals surface area contributed by atoms with Crippen molar-refractivity contribution in [2.45, 2.75) is 26.3 Å². The molecule has 0 unspecified atom stereocenters. The number of aromatic amines is 1. The number of rotatable bonds is 8. The lowest BCUT2D eigenvalue weighted by Gasteiger charge is -2.36. The van der Waals surface area contributed by atoms with Gasteiger partial charge in [-0.2, -0.15) is 0 Å². The summed E-state index contributed by atoms with van der Waals surface area (Å²) in [4.78, 5) is 34.9. The van der Waals surface area contributed by atoms with Gasteiger partial charge in [0.15, 0.2) is 5.82 Å². The van der Waals surface area contributed by atoms with Crippen LogP contribution < -0.4 is 15.4 Å². The summed E-state index contributed by atoms with van der Waals surface area (Å²) < 4.78 is 6.99. The highest BCUT2D eigenvalue weighted by Gasteiger charge is 2.27. The summed E-state index contributed by atoms with van der Waals surface area (Å²) in [5.41, 5.74) is 4.00. The third kappa shape index (κ3) is 5.04. The molecule has 0 aliphatic carbocycles. The molecule has 0 bridgehead atoms. The SMILES string of the molecule is CC[C@H](C(=O)Nc1nccc2c(-c3nc(Nc4cn(C)nc4OC)ncc3C)c[nH]c12)N1CCN(C)CC1. The van der Waals surface area contributed by atoms with Gasteiger partial charge in [-0.05, 0) is 32.0 Å². The number of nitrogens with zero attached hydrogens (tertiary/aromatic N) is 7. The molecule has 0 spiro atoms. The zero-order valence-electron chi connectivity index (χ0n) is 22.4. The number of anilines is 3. The van der Waals surface area contributed by atoms with Crippen molar-refractivity contribution in [3.05, 3.63) is 36.4 Å². The van der Waals surface area contributed by atoms with E-state index < -0.39 is 0 Å². The third-order valence-corrected chi connectivity index (χ3v) is 6.97. The van der Waals surface area contributed by atoms with Gasteiger partial charge >= 0.3 is 0 Å². The highest BCUT2D eigenvalue weighted by molar-refractivity contribution is 6.05. The van der Waals surface area contributed by atoms with Gasteiger partial charge in [0.25, 0.3) is 5.88 Å². The van der Waals surface area contributed by atoms with Crippen LogP contribution in [0.3, 0.4) is 0 Å². The topological polar surface area (TPSA) is 129 Å². The first-order chi connectivity index (χ1) is 18.4. The Hall–Kier alpha value is -4.03. The van der Waals surface area contributed by atoms with Crippen LogP contribution >= 0.6 is 0 Å². The smallest absolute Gasteiger partial charge is 0.256 e. The first-order valence-electron chi connectivity index (χ1n) is 12.8. The minimum Gasteiger partial charge on any atom is -0.478 e. The van der Waals surface area contributed by atoms with Gasteiger partial charge in [0.1, 0.15) is 5.69 Å². The fourth-order valence-electron chi connectivity index (χ4n) is 4.89. The average molecular weight is 519 g/mol. The lowest BCUT2D eigenvalue weighted by atomic mass is 10.1. The molecule has 1 atom stereocenters. The highest BCUT2D eigenvalue weighted by Crippen LogP contribution is 2.33. The standard InChI is InChI=1S/C26H34N10O2/c1-6-20(36-11-9-34(3)10-12-36)24(37)32-23-22-17(7-8-27-23)18(14-28-22)21-16(2)13-29-26(31-21)30-19-15-35(4)33-25(19)38-5/h7-8,13-15,20,28H,6,9-12H2,1-5H3,(H,27,32,37)(H,29,30,31)/t20-/m1/s1. The molecular weight excluding hydrogens is 484 g/mol. The maximum atomic E-state index is 13.3. The van der Waals surface area contributed by atoms with Gasteiger partial charge < -0.3 is 25.3 Å². The molecule has 1 saturated heterocycles. The lowest BCUT2D eigenvalue weighted by molar-refractivity contribution is -0.122. The zero-order valence-corrected chi connectivity index (χ0v) is 22.4. The van der Waals surface area contributed by atoms with Crippen molar-refractivity contribution >= 4 is 34.3 Å². The summed E-state index contributed by atoms with van der Waals surface area (Å²) in [5.74, 6) is 1.35. The Morgan fingerprint density at radius 3 is 2.74 bits per heavy atom. The number of aromatic nitrogens is 6. The molecule has 1 fully saturated rings. The molecule has 0 radical (unpaired) electrons. The number of hydrogen-bond donors (Lipinski definition) is 3. The number of carbonyl (C=O) groups excluding carboxylic acids is 1. The number of carbonyl (C=O) groups is 1. The molecular formula is C26H34N10O2. The maximum absolute atomic E-state index is 13.3. The summed E-state index contributed by atoms with van der Waals surface area (Å²) >= 11 is 0. The van der Waals surface area contributed by atoms with Crippen molar-refractivity contribution in [2.75, 3.05) is 51.0 Å². The van der Waals surface area contributed by atoms with Crippen molar-refractivity contribution in [3.63, 3.8) is 0 Å². The third-order valence-electron chi connectivity index (χ3n) is 6.97. The van der Waals surface area contributed by atoms with E-state index in [1.54, 1.807) is 30.4 Å².